The van der Waals surface area contributed by atoms with E-state index in [0.29, 0.717) is 16.8 Å². The van der Waals surface area contributed by atoms with Crippen molar-refractivity contribution in [1.82, 2.24) is 20.4 Å². The number of thioether (sulfide) groups is 2. The van der Waals surface area contributed by atoms with Crippen LogP contribution < -0.4 is 11.1 Å². The summed E-state index contributed by atoms with van der Waals surface area (Å²) < 4.78 is 35.8. The number of benzene rings is 1. The predicted octanol–water partition coefficient (Wildman–Crippen LogP) is -0.535. The van der Waals surface area contributed by atoms with E-state index < -0.39 is 45.1 Å². The van der Waals surface area contributed by atoms with E-state index in [2.05, 4.69) is 15.5 Å². The molecule has 0 radical (unpaired) electrons. The molecule has 3 heterocycles. The van der Waals surface area contributed by atoms with Gasteiger partial charge in [0.2, 0.25) is 11.8 Å². The number of para-hydroxylation sites is 1. The number of fused-ring (bicyclic) bond motifs is 1. The summed E-state index contributed by atoms with van der Waals surface area (Å²) in [5.41, 5.74) is 7.19. The molecular weight excluding hydrogens is 545 g/mol. The van der Waals surface area contributed by atoms with E-state index in [0.717, 1.165) is 16.7 Å². The Kier molecular flexibility index (Phi) is 9.13. The van der Waals surface area contributed by atoms with Crippen molar-refractivity contribution < 1.29 is 36.9 Å². The van der Waals surface area contributed by atoms with Gasteiger partial charge < -0.3 is 20.6 Å². The molecule has 1 saturated heterocycles. The zero-order valence-corrected chi connectivity index (χ0v) is 20.2. The molecule has 5 N–H and O–H groups in total. The van der Waals surface area contributed by atoms with Crippen LogP contribution in [0, 0.1) is 0 Å². The number of anilines is 1. The molecule has 36 heavy (non-hydrogen) atoms. The second-order valence-corrected chi connectivity index (χ2v) is 11.0. The van der Waals surface area contributed by atoms with E-state index in [4.69, 9.17) is 14.7 Å². The second-order valence-electron chi connectivity index (χ2n) is 7.56. The average molecular weight is 566 g/mol. The summed E-state index contributed by atoms with van der Waals surface area (Å²) in [7, 11) is -4.34. The number of carbonyl (C=O) groups is 3. The quantitative estimate of drug-likeness (QED) is 0.0992. The number of aromatic nitrogens is 2. The molecule has 0 saturated carbocycles. The third kappa shape index (κ3) is 6.42. The Morgan fingerprint density at radius 3 is 2.69 bits per heavy atom. The topological polar surface area (TPSA) is 206 Å². The van der Waals surface area contributed by atoms with Crippen LogP contribution in [0.2, 0.25) is 0 Å². The number of nitrogens with one attached hydrogen (secondary N) is 1. The second kappa shape index (κ2) is 11.5. The third-order valence-electron chi connectivity index (χ3n) is 5.10. The Balaban J connectivity index is 0.00000361. The Bertz CT molecular complexity index is 1330. The number of carboxylic acids is 1. The third-order valence-corrected chi connectivity index (χ3v) is 7.95. The number of nitrogens with zero attached hydrogens (tertiary/aromatic N) is 3. The summed E-state index contributed by atoms with van der Waals surface area (Å²) in [6, 6.07) is 6.01. The molecule has 1 fully saturated rings. The van der Waals surface area contributed by atoms with Crippen molar-refractivity contribution in [1.29, 1.82) is 0 Å². The molecule has 1 aromatic heterocycles. The van der Waals surface area contributed by atoms with Crippen molar-refractivity contribution in [3.05, 3.63) is 47.0 Å². The molecule has 2 amide bonds. The number of β-lactam (4-membered cyclic amide) rings is 1. The van der Waals surface area contributed by atoms with Crippen molar-refractivity contribution >= 4 is 86.7 Å². The molecule has 17 heteroatoms. The fourth-order valence-electron chi connectivity index (χ4n) is 3.55. The monoisotopic (exact) mass is 565 g/mol. The van der Waals surface area contributed by atoms with E-state index in [9.17, 15) is 27.9 Å². The number of aliphatic carboxylic acids is 1. The van der Waals surface area contributed by atoms with Crippen LogP contribution in [0.15, 0.2) is 45.2 Å². The van der Waals surface area contributed by atoms with Crippen LogP contribution in [0.1, 0.15) is 11.5 Å². The minimum absolute atomic E-state index is 0. The van der Waals surface area contributed by atoms with Crippen LogP contribution in [0.25, 0.3) is 0 Å². The predicted molar refractivity (Wildman–Crippen MR) is 132 cm³/mol. The number of hydrogen-bond donors (Lipinski definition) is 4. The molecule has 1 aromatic carbocycles. The van der Waals surface area contributed by atoms with E-state index in [1.54, 1.807) is 24.3 Å². The molecule has 2 aliphatic heterocycles. The van der Waals surface area contributed by atoms with Crippen molar-refractivity contribution in [3.63, 3.8) is 0 Å². The molecule has 0 spiro atoms. The Morgan fingerprint density at radius 2 is 2.03 bits per heavy atom. The number of carbonyl (C=O) groups excluding carboxylic acids is 2. The summed E-state index contributed by atoms with van der Waals surface area (Å²) >= 11 is 2.27. The molecule has 188 valence electrons. The Labute approximate surface area is 235 Å². The van der Waals surface area contributed by atoms with Crippen LogP contribution in [-0.2, 0) is 36.7 Å². The maximum absolute atomic E-state index is 12.8. The van der Waals surface area contributed by atoms with Gasteiger partial charge in [-0.3, -0.25) is 19.0 Å². The first-order chi connectivity index (χ1) is 16.5. The summed E-state index contributed by atoms with van der Waals surface area (Å²) in [6.45, 7) is 0. The van der Waals surface area contributed by atoms with Gasteiger partial charge in [0.15, 0.2) is 5.75 Å². The van der Waals surface area contributed by atoms with Gasteiger partial charge in [-0.05, 0) is 17.2 Å². The maximum atomic E-state index is 12.8. The number of carboxylic acid groups (broad SMARTS) is 1. The zero-order chi connectivity index (χ0) is 25.3. The van der Waals surface area contributed by atoms with E-state index in [1.807, 2.05) is 0 Å². The zero-order valence-electron chi connectivity index (χ0n) is 17.8. The average Bonchev–Trinajstić information content (AvgIpc) is 3.22. The number of rotatable bonds is 9. The number of amides is 2. The van der Waals surface area contributed by atoms with Gasteiger partial charge in [0.05, 0.1) is 6.42 Å². The van der Waals surface area contributed by atoms with Crippen LogP contribution in [-0.4, -0.2) is 103 Å². The van der Waals surface area contributed by atoms with Gasteiger partial charge in [0, 0.05) is 17.2 Å². The molecule has 2 atom stereocenters. The van der Waals surface area contributed by atoms with Crippen molar-refractivity contribution in [2.24, 2.45) is 0 Å². The summed E-state index contributed by atoms with van der Waals surface area (Å²) in [5, 5.41) is 19.0. The number of nitrogens with two attached hydrogens (primary N) is 1. The molecular formula is C19H20N5NaO8S3. The van der Waals surface area contributed by atoms with Crippen molar-refractivity contribution in [3.8, 4) is 0 Å². The van der Waals surface area contributed by atoms with Gasteiger partial charge in [0.1, 0.15) is 17.1 Å². The fourth-order valence-corrected chi connectivity index (χ4v) is 6.24. The summed E-state index contributed by atoms with van der Waals surface area (Å²) in [5.74, 6) is -3.03. The molecule has 4 rings (SSSR count). The summed E-state index contributed by atoms with van der Waals surface area (Å²) in [4.78, 5) is 38.3. The van der Waals surface area contributed by atoms with Crippen LogP contribution in [0.5, 0.6) is 0 Å². The van der Waals surface area contributed by atoms with E-state index in [-0.39, 0.29) is 64.3 Å². The molecule has 0 aliphatic carbocycles. The van der Waals surface area contributed by atoms with E-state index >= 15 is 0 Å². The summed E-state index contributed by atoms with van der Waals surface area (Å²) in [6.07, 6.45) is -0.0128. The van der Waals surface area contributed by atoms with Gasteiger partial charge >= 0.3 is 35.5 Å². The first kappa shape index (κ1) is 28.5. The fraction of sp³-hybridized carbons (Fsp3) is 0.316. The SMILES string of the molecule is Nc1ccccc1CC(=O)NC1C(=O)N2C(C(=O)O)=C(CSc3nnc(CS(=O)(=O)O)o3)CS[C@H]12.[NaH]. The number of hydrogen-bond acceptors (Lipinski definition) is 11. The molecule has 2 aliphatic rings. The first-order valence-corrected chi connectivity index (χ1v) is 13.6. The van der Waals surface area contributed by atoms with Crippen LogP contribution in [0.4, 0.5) is 5.69 Å². The minimum atomic E-state index is -4.34. The van der Waals surface area contributed by atoms with Crippen molar-refractivity contribution in [2.45, 2.75) is 28.8 Å². The number of nitrogen functional groups attached to an aromatic ring is 1. The molecule has 2 aromatic rings. The van der Waals surface area contributed by atoms with Crippen molar-refractivity contribution in [2.75, 3.05) is 17.2 Å². The van der Waals surface area contributed by atoms with Gasteiger partial charge in [0.25, 0.3) is 21.2 Å². The molecule has 13 nitrogen and oxygen atoms in total. The van der Waals surface area contributed by atoms with Gasteiger partial charge in [-0.15, -0.1) is 22.0 Å². The Hall–Kier alpha value is -2.08. The standard InChI is InChI=1S/C19H19N5O8S3.Na.H/c20-11-4-2-1-3-9(11)5-12(25)21-14-16(26)24-15(18(27)28)10(6-33-17(14)24)7-34-19-23-22-13(32-19)8-35(29,30)31;;/h1-4,14,17H,5-8,20H2,(H,21,25)(H,27,28)(H,29,30,31);;/t14?,17-;;/m1../s1. The van der Waals surface area contributed by atoms with Gasteiger partial charge in [-0.25, -0.2) is 4.79 Å². The van der Waals surface area contributed by atoms with Crippen LogP contribution >= 0.6 is 23.5 Å². The Morgan fingerprint density at radius 1 is 1.31 bits per heavy atom. The van der Waals surface area contributed by atoms with Gasteiger partial charge in [-0.1, -0.05) is 30.0 Å². The normalized spacial score (nSPS) is 19.2. The van der Waals surface area contributed by atoms with Crippen LogP contribution in [0.3, 0.4) is 0 Å². The van der Waals surface area contributed by atoms with E-state index in [1.165, 1.54) is 11.8 Å². The first-order valence-electron chi connectivity index (χ1n) is 9.96. The molecule has 1 unspecified atom stereocenters. The molecule has 0 bridgehead atoms. The van der Waals surface area contributed by atoms with Gasteiger partial charge in [-0.2, -0.15) is 8.42 Å².